The molecule has 0 saturated heterocycles. The molecule has 0 unspecified atom stereocenters. The zero-order valence-electron chi connectivity index (χ0n) is 8.86. The maximum atomic E-state index is 11.6. The Morgan fingerprint density at radius 1 is 1.44 bits per heavy atom. The van der Waals surface area contributed by atoms with E-state index >= 15 is 0 Å². The minimum atomic E-state index is -1.24. The lowest BCUT2D eigenvalue weighted by Gasteiger charge is -2.04. The lowest BCUT2D eigenvalue weighted by molar-refractivity contribution is -0.384. The van der Waals surface area contributed by atoms with Crippen LogP contribution in [0.4, 0.5) is 5.69 Å². The zero-order chi connectivity index (χ0) is 13.4. The van der Waals surface area contributed by atoms with Gasteiger partial charge in [0.25, 0.3) is 5.69 Å². The minimum Gasteiger partial charge on any atom is -0.868 e. The van der Waals surface area contributed by atoms with Crippen molar-refractivity contribution in [3.05, 3.63) is 28.3 Å². The first kappa shape index (κ1) is 11.7. The SMILES string of the molecule is O=C(O)Cn1c(O)c([O-])c2cc([N+](=O)[O-])ccc21. The van der Waals surface area contributed by atoms with Gasteiger partial charge in [-0.05, 0) is 11.8 Å². The summed E-state index contributed by atoms with van der Waals surface area (Å²) >= 11 is 0. The third-order valence-electron chi connectivity index (χ3n) is 2.48. The van der Waals surface area contributed by atoms with Gasteiger partial charge in [0.05, 0.1) is 10.4 Å². The van der Waals surface area contributed by atoms with E-state index in [9.17, 15) is 25.1 Å². The number of nitrogens with zero attached hydrogens (tertiary/aromatic N) is 2. The number of nitro groups is 1. The van der Waals surface area contributed by atoms with Crippen molar-refractivity contribution in [1.29, 1.82) is 0 Å². The lowest BCUT2D eigenvalue weighted by atomic mass is 10.2. The molecule has 0 spiro atoms. The van der Waals surface area contributed by atoms with Crippen molar-refractivity contribution in [2.24, 2.45) is 0 Å². The lowest BCUT2D eigenvalue weighted by Crippen LogP contribution is -2.08. The quantitative estimate of drug-likeness (QED) is 0.600. The van der Waals surface area contributed by atoms with E-state index in [1.165, 1.54) is 6.07 Å². The van der Waals surface area contributed by atoms with E-state index in [-0.39, 0.29) is 16.6 Å². The summed E-state index contributed by atoms with van der Waals surface area (Å²) < 4.78 is 0.893. The molecule has 1 heterocycles. The number of rotatable bonds is 3. The highest BCUT2D eigenvalue weighted by Gasteiger charge is 2.15. The number of non-ortho nitro benzene ring substituents is 1. The summed E-state index contributed by atoms with van der Waals surface area (Å²) in [7, 11) is 0. The van der Waals surface area contributed by atoms with Gasteiger partial charge in [-0.25, -0.2) is 0 Å². The molecule has 2 N–H and O–H groups in total. The van der Waals surface area contributed by atoms with Crippen LogP contribution in [0.25, 0.3) is 10.9 Å². The number of aromatic nitrogens is 1. The monoisotopic (exact) mass is 251 g/mol. The number of carboxylic acids is 1. The Balaban J connectivity index is 2.71. The number of fused-ring (bicyclic) bond motifs is 1. The summed E-state index contributed by atoms with van der Waals surface area (Å²) in [5.74, 6) is -2.80. The molecule has 1 aromatic carbocycles. The minimum absolute atomic E-state index is 0.0806. The molecule has 0 aliphatic rings. The molecule has 0 bridgehead atoms. The summed E-state index contributed by atoms with van der Waals surface area (Å²) in [6.07, 6.45) is 0. The van der Waals surface area contributed by atoms with Crippen LogP contribution in [-0.2, 0) is 11.3 Å². The van der Waals surface area contributed by atoms with Crippen molar-refractivity contribution in [1.82, 2.24) is 4.57 Å². The van der Waals surface area contributed by atoms with Gasteiger partial charge in [-0.2, -0.15) is 0 Å². The first-order valence-corrected chi connectivity index (χ1v) is 4.80. The molecule has 8 nitrogen and oxygen atoms in total. The molecule has 18 heavy (non-hydrogen) atoms. The van der Waals surface area contributed by atoms with E-state index in [0.29, 0.717) is 0 Å². The van der Waals surface area contributed by atoms with Gasteiger partial charge in [-0.1, -0.05) is 0 Å². The fourth-order valence-electron chi connectivity index (χ4n) is 1.71. The van der Waals surface area contributed by atoms with Gasteiger partial charge in [0.1, 0.15) is 6.54 Å². The molecule has 0 aliphatic carbocycles. The van der Waals surface area contributed by atoms with Crippen LogP contribution < -0.4 is 5.11 Å². The average Bonchev–Trinajstić information content (AvgIpc) is 2.54. The van der Waals surface area contributed by atoms with E-state index in [1.54, 1.807) is 0 Å². The molecule has 2 aromatic rings. The number of aromatic hydroxyl groups is 1. The largest absolute Gasteiger partial charge is 0.868 e. The number of carbonyl (C=O) groups is 1. The molecular formula is C10H7N2O6-. The summed E-state index contributed by atoms with van der Waals surface area (Å²) in [6, 6.07) is 3.38. The molecule has 1 aromatic heterocycles. The second kappa shape index (κ2) is 3.91. The van der Waals surface area contributed by atoms with Gasteiger partial charge >= 0.3 is 5.97 Å². The van der Waals surface area contributed by atoms with Crippen LogP contribution in [0.3, 0.4) is 0 Å². The van der Waals surface area contributed by atoms with Crippen molar-refractivity contribution in [2.75, 3.05) is 0 Å². The van der Waals surface area contributed by atoms with E-state index < -0.39 is 29.1 Å². The molecule has 0 atom stereocenters. The molecule has 0 radical (unpaired) electrons. The highest BCUT2D eigenvalue weighted by Crippen LogP contribution is 2.36. The highest BCUT2D eigenvalue weighted by molar-refractivity contribution is 5.91. The molecule has 0 amide bonds. The number of hydrogen-bond donors (Lipinski definition) is 2. The van der Waals surface area contributed by atoms with Gasteiger partial charge in [0, 0.05) is 17.5 Å². The van der Waals surface area contributed by atoms with Crippen molar-refractivity contribution in [3.63, 3.8) is 0 Å². The van der Waals surface area contributed by atoms with Gasteiger partial charge < -0.3 is 19.9 Å². The molecule has 8 heteroatoms. The van der Waals surface area contributed by atoms with Crippen molar-refractivity contribution >= 4 is 22.6 Å². The van der Waals surface area contributed by atoms with Crippen LogP contribution in [0.5, 0.6) is 11.6 Å². The Hall–Kier alpha value is -2.77. The first-order valence-electron chi connectivity index (χ1n) is 4.80. The Bertz CT molecular complexity index is 660. The Labute approximate surface area is 99.5 Å². The smallest absolute Gasteiger partial charge is 0.323 e. The maximum Gasteiger partial charge on any atom is 0.323 e. The molecule has 0 saturated carbocycles. The molecule has 94 valence electrons. The topological polar surface area (TPSA) is 129 Å². The van der Waals surface area contributed by atoms with E-state index in [2.05, 4.69) is 0 Å². The maximum absolute atomic E-state index is 11.6. The highest BCUT2D eigenvalue weighted by atomic mass is 16.6. The van der Waals surface area contributed by atoms with Crippen LogP contribution in [0.2, 0.25) is 0 Å². The van der Waals surface area contributed by atoms with Crippen LogP contribution in [0.1, 0.15) is 0 Å². The fourth-order valence-corrected chi connectivity index (χ4v) is 1.71. The number of benzene rings is 1. The van der Waals surface area contributed by atoms with Crippen LogP contribution in [0, 0.1) is 10.1 Å². The summed E-state index contributed by atoms with van der Waals surface area (Å²) in [6.45, 7) is -0.595. The average molecular weight is 251 g/mol. The zero-order valence-corrected chi connectivity index (χ0v) is 8.86. The number of nitro benzene ring substituents is 1. The Kier molecular flexibility index (Phi) is 2.55. The van der Waals surface area contributed by atoms with Crippen molar-refractivity contribution < 1.29 is 25.0 Å². The Morgan fingerprint density at radius 3 is 2.67 bits per heavy atom. The third kappa shape index (κ3) is 1.69. The summed E-state index contributed by atoms with van der Waals surface area (Å²) in [5, 5.41) is 40.3. The summed E-state index contributed by atoms with van der Waals surface area (Å²) in [5.41, 5.74) is -0.155. The van der Waals surface area contributed by atoms with Crippen LogP contribution in [0.15, 0.2) is 18.2 Å². The predicted octanol–water partition coefficient (Wildman–Crippen LogP) is 0.413. The van der Waals surface area contributed by atoms with Crippen molar-refractivity contribution in [3.8, 4) is 11.6 Å². The molecule has 2 rings (SSSR count). The number of aliphatic carboxylic acids is 1. The van der Waals surface area contributed by atoms with Crippen molar-refractivity contribution in [2.45, 2.75) is 6.54 Å². The van der Waals surface area contributed by atoms with E-state index in [0.717, 1.165) is 16.7 Å². The summed E-state index contributed by atoms with van der Waals surface area (Å²) in [4.78, 5) is 20.5. The number of carboxylic acid groups (broad SMARTS) is 1. The second-order valence-corrected chi connectivity index (χ2v) is 3.59. The molecule has 0 aliphatic heterocycles. The van der Waals surface area contributed by atoms with Gasteiger partial charge in [-0.3, -0.25) is 14.9 Å². The van der Waals surface area contributed by atoms with Crippen LogP contribution in [-0.4, -0.2) is 25.7 Å². The van der Waals surface area contributed by atoms with E-state index in [4.69, 9.17) is 5.11 Å². The van der Waals surface area contributed by atoms with Crippen LogP contribution >= 0.6 is 0 Å². The van der Waals surface area contributed by atoms with Gasteiger partial charge in [0.15, 0.2) is 5.88 Å². The predicted molar refractivity (Wildman–Crippen MR) is 57.3 cm³/mol. The Morgan fingerprint density at radius 2 is 2.11 bits per heavy atom. The van der Waals surface area contributed by atoms with E-state index in [1.807, 2.05) is 0 Å². The van der Waals surface area contributed by atoms with Gasteiger partial charge in [0.2, 0.25) is 0 Å². The molecular weight excluding hydrogens is 244 g/mol. The second-order valence-electron chi connectivity index (χ2n) is 3.59. The van der Waals surface area contributed by atoms with Gasteiger partial charge in [-0.15, -0.1) is 0 Å². The fraction of sp³-hybridized carbons (Fsp3) is 0.100. The number of hydrogen-bond acceptors (Lipinski definition) is 5. The first-order chi connectivity index (χ1) is 8.41. The standard InChI is InChI=1S/C10H8N2O6/c13-8(14)4-11-7-2-1-5(12(17)18)3-6(7)9(15)10(11)16/h1-3,15-16H,4H2,(H,13,14)/p-1. The molecule has 0 fully saturated rings. The third-order valence-corrected chi connectivity index (χ3v) is 2.48. The normalized spacial score (nSPS) is 10.7.